The van der Waals surface area contributed by atoms with Crippen LogP contribution in [0.1, 0.15) is 24.3 Å². The molecule has 0 saturated heterocycles. The first-order valence-electron chi connectivity index (χ1n) is 4.13. The van der Waals surface area contributed by atoms with Gasteiger partial charge in [-0.3, -0.25) is 0 Å². The van der Waals surface area contributed by atoms with E-state index in [-0.39, 0.29) is 11.8 Å². The Morgan fingerprint density at radius 3 is 2.86 bits per heavy atom. The number of aryl methyl sites for hydroxylation is 1. The van der Waals surface area contributed by atoms with Crippen molar-refractivity contribution in [1.29, 1.82) is 0 Å². The molecule has 0 unspecified atom stereocenters. The first-order valence-corrected chi connectivity index (χ1v) is 4.66. The van der Waals surface area contributed by atoms with Crippen LogP contribution in [0.4, 0.5) is 0 Å². The predicted octanol–water partition coefficient (Wildman–Crippen LogP) is 2.07. The molecule has 14 heavy (non-hydrogen) atoms. The van der Waals surface area contributed by atoms with Crippen LogP contribution in [0, 0.1) is 0 Å². The van der Waals surface area contributed by atoms with Crippen LogP contribution in [0.5, 0.6) is 0 Å². The number of rotatable bonds is 4. The Balaban J connectivity index is 2.89. The lowest BCUT2D eigenvalue weighted by molar-refractivity contribution is -0.131. The molecule has 0 aromatic carbocycles. The maximum Gasteiger partial charge on any atom is 0.328 e. The lowest BCUT2D eigenvalue weighted by Gasteiger charge is -1.88. The Bertz CT molecular complexity index is 335. The summed E-state index contributed by atoms with van der Waals surface area (Å²) in [7, 11) is 0. The molecule has 1 N–H and O–H groups in total. The number of aromatic nitrogens is 1. The van der Waals surface area contributed by atoms with Crippen molar-refractivity contribution >= 4 is 23.6 Å². The van der Waals surface area contributed by atoms with Crippen LogP contribution in [0.25, 0.3) is 6.08 Å². The molecule has 0 amide bonds. The van der Waals surface area contributed by atoms with Crippen molar-refractivity contribution in [2.24, 2.45) is 0 Å². The van der Waals surface area contributed by atoms with Crippen molar-refractivity contribution in [3.63, 3.8) is 0 Å². The summed E-state index contributed by atoms with van der Waals surface area (Å²) in [4.78, 5) is 14.2. The highest BCUT2D eigenvalue weighted by Crippen LogP contribution is 2.14. The molecular weight excluding hydrogens is 206 g/mol. The van der Waals surface area contributed by atoms with E-state index in [4.69, 9.17) is 21.1 Å². The van der Waals surface area contributed by atoms with Gasteiger partial charge in [-0.2, -0.15) is 0 Å². The minimum absolute atomic E-state index is 0.271. The van der Waals surface area contributed by atoms with Crippen molar-refractivity contribution in [3.05, 3.63) is 23.4 Å². The molecular formula is C9H10ClNO3. The fraction of sp³-hybridized carbons (Fsp3) is 0.333. The average Bonchev–Trinajstić information content (AvgIpc) is 2.57. The molecule has 1 aromatic rings. The zero-order valence-corrected chi connectivity index (χ0v) is 8.41. The Morgan fingerprint density at radius 1 is 1.71 bits per heavy atom. The fourth-order valence-corrected chi connectivity index (χ4v) is 1.21. The molecule has 0 spiro atoms. The molecule has 0 fully saturated rings. The van der Waals surface area contributed by atoms with E-state index < -0.39 is 5.97 Å². The number of nitrogens with zero attached hydrogens (tertiary/aromatic N) is 1. The topological polar surface area (TPSA) is 63.3 Å². The molecule has 0 saturated carbocycles. The SMILES string of the molecule is CCc1oc(C=CC(=O)O)nc1CCl. The highest BCUT2D eigenvalue weighted by molar-refractivity contribution is 6.16. The monoisotopic (exact) mass is 215 g/mol. The van der Waals surface area contributed by atoms with Gasteiger partial charge >= 0.3 is 5.97 Å². The standard InChI is InChI=1S/C9H10ClNO3/c1-2-7-6(5-10)11-8(14-7)3-4-9(12)13/h3-4H,2,5H2,1H3,(H,12,13). The number of carboxylic acids is 1. The van der Waals surface area contributed by atoms with E-state index in [1.54, 1.807) is 0 Å². The molecule has 1 aromatic heterocycles. The van der Waals surface area contributed by atoms with E-state index in [1.165, 1.54) is 6.08 Å². The Hall–Kier alpha value is -1.29. The number of hydrogen-bond acceptors (Lipinski definition) is 3. The first-order chi connectivity index (χ1) is 6.67. The summed E-state index contributed by atoms with van der Waals surface area (Å²) in [6.07, 6.45) is 2.97. The second kappa shape index (κ2) is 4.81. The molecule has 0 aliphatic heterocycles. The van der Waals surface area contributed by atoms with Gasteiger partial charge in [0.25, 0.3) is 0 Å². The number of carboxylic acid groups (broad SMARTS) is 1. The number of halogens is 1. The number of aliphatic carboxylic acids is 1. The van der Waals surface area contributed by atoms with Crippen LogP contribution in [-0.4, -0.2) is 16.1 Å². The van der Waals surface area contributed by atoms with Crippen LogP contribution in [0.15, 0.2) is 10.5 Å². The molecule has 0 aliphatic carbocycles. The number of alkyl halides is 1. The molecule has 0 radical (unpaired) electrons. The van der Waals surface area contributed by atoms with Gasteiger partial charge in [-0.05, 0) is 0 Å². The van der Waals surface area contributed by atoms with Crippen molar-refractivity contribution in [3.8, 4) is 0 Å². The van der Waals surface area contributed by atoms with Gasteiger partial charge in [-0.15, -0.1) is 11.6 Å². The second-order valence-electron chi connectivity index (χ2n) is 2.58. The third-order valence-electron chi connectivity index (χ3n) is 1.61. The van der Waals surface area contributed by atoms with E-state index in [0.29, 0.717) is 17.9 Å². The molecule has 0 aliphatic rings. The highest BCUT2D eigenvalue weighted by atomic mass is 35.5. The van der Waals surface area contributed by atoms with E-state index in [2.05, 4.69) is 4.98 Å². The predicted molar refractivity (Wildman–Crippen MR) is 52.1 cm³/mol. The maximum atomic E-state index is 10.2. The molecule has 1 heterocycles. The summed E-state index contributed by atoms with van der Waals surface area (Å²) in [5.74, 6) is 0.215. The molecule has 4 nitrogen and oxygen atoms in total. The van der Waals surface area contributed by atoms with Crippen molar-refractivity contribution in [1.82, 2.24) is 4.98 Å². The second-order valence-corrected chi connectivity index (χ2v) is 2.85. The van der Waals surface area contributed by atoms with Gasteiger partial charge in [-0.1, -0.05) is 6.92 Å². The molecule has 76 valence electrons. The number of hydrogen-bond donors (Lipinski definition) is 1. The summed E-state index contributed by atoms with van der Waals surface area (Å²) < 4.78 is 5.26. The van der Waals surface area contributed by atoms with Gasteiger partial charge in [0.15, 0.2) is 0 Å². The highest BCUT2D eigenvalue weighted by Gasteiger charge is 2.08. The van der Waals surface area contributed by atoms with Gasteiger partial charge in [-0.25, -0.2) is 9.78 Å². The maximum absolute atomic E-state index is 10.2. The summed E-state index contributed by atoms with van der Waals surface area (Å²) in [6.45, 7) is 1.92. The molecule has 5 heteroatoms. The summed E-state index contributed by atoms with van der Waals surface area (Å²) in [6, 6.07) is 0. The van der Waals surface area contributed by atoms with Crippen LogP contribution in [0.3, 0.4) is 0 Å². The first kappa shape index (κ1) is 10.8. The van der Waals surface area contributed by atoms with Gasteiger partial charge in [0.1, 0.15) is 5.76 Å². The largest absolute Gasteiger partial charge is 0.478 e. The average molecular weight is 216 g/mol. The smallest absolute Gasteiger partial charge is 0.328 e. The van der Waals surface area contributed by atoms with Gasteiger partial charge in [0.2, 0.25) is 5.89 Å². The summed E-state index contributed by atoms with van der Waals surface area (Å²) in [5, 5.41) is 8.38. The van der Waals surface area contributed by atoms with E-state index in [1.807, 2.05) is 6.92 Å². The van der Waals surface area contributed by atoms with Crippen LogP contribution < -0.4 is 0 Å². The minimum atomic E-state index is -1.03. The normalized spacial score (nSPS) is 11.0. The zero-order chi connectivity index (χ0) is 10.6. The van der Waals surface area contributed by atoms with E-state index in [9.17, 15) is 4.79 Å². The Morgan fingerprint density at radius 2 is 2.43 bits per heavy atom. The van der Waals surface area contributed by atoms with Gasteiger partial charge in [0, 0.05) is 18.6 Å². The lowest BCUT2D eigenvalue weighted by atomic mass is 10.3. The van der Waals surface area contributed by atoms with Crippen LogP contribution in [-0.2, 0) is 17.1 Å². The van der Waals surface area contributed by atoms with Gasteiger partial charge < -0.3 is 9.52 Å². The molecule has 0 bridgehead atoms. The van der Waals surface area contributed by atoms with Crippen molar-refractivity contribution in [2.45, 2.75) is 19.2 Å². The fourth-order valence-electron chi connectivity index (χ4n) is 0.998. The quantitative estimate of drug-likeness (QED) is 0.617. The van der Waals surface area contributed by atoms with Crippen LogP contribution >= 0.6 is 11.6 Å². The molecule has 0 atom stereocenters. The minimum Gasteiger partial charge on any atom is -0.478 e. The Labute approximate surface area is 86.2 Å². The van der Waals surface area contributed by atoms with Crippen LogP contribution in [0.2, 0.25) is 0 Å². The third-order valence-corrected chi connectivity index (χ3v) is 1.86. The van der Waals surface area contributed by atoms with Gasteiger partial charge in [0.05, 0.1) is 11.6 Å². The van der Waals surface area contributed by atoms with E-state index in [0.717, 1.165) is 6.08 Å². The van der Waals surface area contributed by atoms with Crippen molar-refractivity contribution in [2.75, 3.05) is 0 Å². The lowest BCUT2D eigenvalue weighted by Crippen LogP contribution is -1.86. The Kier molecular flexibility index (Phi) is 3.71. The molecule has 1 rings (SSSR count). The summed E-state index contributed by atoms with van der Waals surface area (Å²) in [5.41, 5.74) is 0.666. The zero-order valence-electron chi connectivity index (χ0n) is 7.66. The number of oxazole rings is 1. The van der Waals surface area contributed by atoms with Crippen molar-refractivity contribution < 1.29 is 14.3 Å². The third kappa shape index (κ3) is 2.60. The summed E-state index contributed by atoms with van der Waals surface area (Å²) >= 11 is 5.62. The number of carbonyl (C=O) groups is 1. The van der Waals surface area contributed by atoms with E-state index >= 15 is 0 Å².